The fraction of sp³-hybridized carbons (Fsp3) is 0.300. The molecule has 0 spiro atoms. The number of aromatic nitrogens is 2. The minimum atomic E-state index is -0.186. The van der Waals surface area contributed by atoms with Crippen LogP contribution >= 0.6 is 22.7 Å². The van der Waals surface area contributed by atoms with Gasteiger partial charge in [-0.05, 0) is 6.92 Å². The van der Waals surface area contributed by atoms with Gasteiger partial charge in [0.2, 0.25) is 0 Å². The summed E-state index contributed by atoms with van der Waals surface area (Å²) in [6.07, 6.45) is 1.79. The van der Waals surface area contributed by atoms with Crippen molar-refractivity contribution in [1.82, 2.24) is 15.3 Å². The fourth-order valence-corrected chi connectivity index (χ4v) is 2.62. The number of nitrogens with two attached hydrogens (primary N) is 1. The van der Waals surface area contributed by atoms with E-state index in [0.717, 1.165) is 14.9 Å². The molecular weight excluding hydrogens is 256 g/mol. The quantitative estimate of drug-likeness (QED) is 0.875. The SMILES string of the molecule is Cc1cnc(CNC(=O)c2csc(CN)n2)s1. The van der Waals surface area contributed by atoms with Crippen LogP contribution in [0.4, 0.5) is 0 Å². The molecule has 0 aliphatic carbocycles. The summed E-state index contributed by atoms with van der Waals surface area (Å²) in [5, 5.41) is 6.15. The maximum Gasteiger partial charge on any atom is 0.271 e. The third-order valence-electron chi connectivity index (χ3n) is 2.03. The molecule has 1 amide bonds. The molecule has 2 aromatic rings. The molecule has 0 atom stereocenters. The predicted molar refractivity (Wildman–Crippen MR) is 68.0 cm³/mol. The van der Waals surface area contributed by atoms with Crippen LogP contribution in [0.15, 0.2) is 11.6 Å². The average molecular weight is 268 g/mol. The molecule has 0 unspecified atom stereocenters. The van der Waals surface area contributed by atoms with Gasteiger partial charge in [-0.3, -0.25) is 4.79 Å². The van der Waals surface area contributed by atoms with E-state index in [9.17, 15) is 4.79 Å². The minimum Gasteiger partial charge on any atom is -0.344 e. The minimum absolute atomic E-state index is 0.186. The van der Waals surface area contributed by atoms with Gasteiger partial charge in [-0.25, -0.2) is 9.97 Å². The highest BCUT2D eigenvalue weighted by molar-refractivity contribution is 7.11. The van der Waals surface area contributed by atoms with Crippen molar-refractivity contribution >= 4 is 28.6 Å². The van der Waals surface area contributed by atoms with Crippen LogP contribution in [0.5, 0.6) is 0 Å². The van der Waals surface area contributed by atoms with E-state index in [-0.39, 0.29) is 5.91 Å². The molecule has 2 rings (SSSR count). The fourth-order valence-electron chi connectivity index (χ4n) is 1.24. The summed E-state index contributed by atoms with van der Waals surface area (Å²) < 4.78 is 0. The van der Waals surface area contributed by atoms with E-state index in [1.165, 1.54) is 11.3 Å². The van der Waals surface area contributed by atoms with Crippen molar-refractivity contribution in [3.63, 3.8) is 0 Å². The van der Waals surface area contributed by atoms with Crippen LogP contribution in [0.3, 0.4) is 0 Å². The van der Waals surface area contributed by atoms with Gasteiger partial charge >= 0.3 is 0 Å². The molecule has 0 aliphatic heterocycles. The zero-order chi connectivity index (χ0) is 12.3. The van der Waals surface area contributed by atoms with Crippen molar-refractivity contribution in [3.8, 4) is 0 Å². The maximum absolute atomic E-state index is 11.7. The summed E-state index contributed by atoms with van der Waals surface area (Å²) in [5.74, 6) is -0.186. The van der Waals surface area contributed by atoms with Gasteiger partial charge in [-0.1, -0.05) is 0 Å². The van der Waals surface area contributed by atoms with E-state index < -0.39 is 0 Å². The molecule has 0 bridgehead atoms. The summed E-state index contributed by atoms with van der Waals surface area (Å²) in [6.45, 7) is 2.79. The van der Waals surface area contributed by atoms with Gasteiger partial charge in [-0.2, -0.15) is 0 Å². The van der Waals surface area contributed by atoms with Crippen LogP contribution in [-0.2, 0) is 13.1 Å². The van der Waals surface area contributed by atoms with E-state index in [4.69, 9.17) is 5.73 Å². The third-order valence-corrected chi connectivity index (χ3v) is 3.81. The summed E-state index contributed by atoms with van der Waals surface area (Å²) in [7, 11) is 0. The summed E-state index contributed by atoms with van der Waals surface area (Å²) in [6, 6.07) is 0. The largest absolute Gasteiger partial charge is 0.344 e. The second-order valence-corrected chi connectivity index (χ2v) is 5.64. The monoisotopic (exact) mass is 268 g/mol. The highest BCUT2D eigenvalue weighted by Gasteiger charge is 2.10. The Kier molecular flexibility index (Phi) is 3.82. The first kappa shape index (κ1) is 12.2. The average Bonchev–Trinajstić information content (AvgIpc) is 2.94. The van der Waals surface area contributed by atoms with Crippen molar-refractivity contribution in [2.75, 3.05) is 0 Å². The number of hydrogen-bond donors (Lipinski definition) is 2. The van der Waals surface area contributed by atoms with Crippen molar-refractivity contribution in [1.29, 1.82) is 0 Å². The zero-order valence-corrected chi connectivity index (χ0v) is 10.9. The Hall–Kier alpha value is -1.31. The normalized spacial score (nSPS) is 10.5. The van der Waals surface area contributed by atoms with E-state index in [1.807, 2.05) is 6.92 Å². The highest BCUT2D eigenvalue weighted by atomic mass is 32.1. The number of nitrogens with zero attached hydrogens (tertiary/aromatic N) is 2. The van der Waals surface area contributed by atoms with E-state index in [2.05, 4.69) is 15.3 Å². The summed E-state index contributed by atoms with van der Waals surface area (Å²) in [5.41, 5.74) is 5.86. The molecule has 0 saturated heterocycles. The second-order valence-electron chi connectivity index (χ2n) is 3.38. The predicted octanol–water partition coefficient (Wildman–Crippen LogP) is 1.30. The lowest BCUT2D eigenvalue weighted by molar-refractivity contribution is 0.0946. The van der Waals surface area contributed by atoms with Gasteiger partial charge in [0.25, 0.3) is 5.91 Å². The Morgan fingerprint density at radius 1 is 1.53 bits per heavy atom. The number of rotatable bonds is 4. The first-order valence-electron chi connectivity index (χ1n) is 5.03. The smallest absolute Gasteiger partial charge is 0.271 e. The Morgan fingerprint density at radius 2 is 2.35 bits per heavy atom. The lowest BCUT2D eigenvalue weighted by atomic mass is 10.4. The van der Waals surface area contributed by atoms with Crippen molar-refractivity contribution < 1.29 is 4.79 Å². The number of thiazole rings is 2. The molecule has 7 heteroatoms. The Balaban J connectivity index is 1.93. The zero-order valence-electron chi connectivity index (χ0n) is 9.27. The molecule has 2 aromatic heterocycles. The molecule has 0 radical (unpaired) electrons. The number of hydrogen-bond acceptors (Lipinski definition) is 6. The van der Waals surface area contributed by atoms with Crippen LogP contribution in [0, 0.1) is 6.92 Å². The third kappa shape index (κ3) is 3.09. The molecule has 2 heterocycles. The summed E-state index contributed by atoms with van der Waals surface area (Å²) >= 11 is 2.96. The van der Waals surface area contributed by atoms with Crippen LogP contribution in [-0.4, -0.2) is 15.9 Å². The van der Waals surface area contributed by atoms with Crippen molar-refractivity contribution in [2.24, 2.45) is 5.73 Å². The number of carbonyl (C=O) groups is 1. The number of amides is 1. The molecule has 0 aromatic carbocycles. The Morgan fingerprint density at radius 3 is 2.94 bits per heavy atom. The molecular formula is C10H12N4OS2. The topological polar surface area (TPSA) is 80.9 Å². The number of aryl methyl sites for hydroxylation is 1. The first-order valence-corrected chi connectivity index (χ1v) is 6.72. The summed E-state index contributed by atoms with van der Waals surface area (Å²) in [4.78, 5) is 21.1. The van der Waals surface area contributed by atoms with Gasteiger partial charge in [0, 0.05) is 23.0 Å². The Labute approximate surface area is 107 Å². The molecule has 0 saturated carbocycles. The Bertz CT molecular complexity index is 520. The molecule has 0 aliphatic rings. The van der Waals surface area contributed by atoms with Crippen LogP contribution in [0.2, 0.25) is 0 Å². The highest BCUT2D eigenvalue weighted by Crippen LogP contribution is 2.12. The number of nitrogens with one attached hydrogen (secondary N) is 1. The van der Waals surface area contributed by atoms with Gasteiger partial charge in [0.15, 0.2) is 0 Å². The van der Waals surface area contributed by atoms with E-state index >= 15 is 0 Å². The second kappa shape index (κ2) is 5.35. The van der Waals surface area contributed by atoms with Gasteiger partial charge in [0.05, 0.1) is 6.54 Å². The molecule has 90 valence electrons. The first-order chi connectivity index (χ1) is 8.19. The van der Waals surface area contributed by atoms with Gasteiger partial charge in [-0.15, -0.1) is 22.7 Å². The molecule has 0 fully saturated rings. The molecule has 5 nitrogen and oxygen atoms in total. The lowest BCUT2D eigenvalue weighted by Gasteiger charge is -1.99. The lowest BCUT2D eigenvalue weighted by Crippen LogP contribution is -2.23. The van der Waals surface area contributed by atoms with Gasteiger partial charge in [0.1, 0.15) is 15.7 Å². The van der Waals surface area contributed by atoms with Crippen LogP contribution in [0.1, 0.15) is 25.4 Å². The van der Waals surface area contributed by atoms with Crippen molar-refractivity contribution in [2.45, 2.75) is 20.0 Å². The number of carbonyl (C=O) groups excluding carboxylic acids is 1. The molecule has 17 heavy (non-hydrogen) atoms. The van der Waals surface area contributed by atoms with E-state index in [0.29, 0.717) is 18.8 Å². The van der Waals surface area contributed by atoms with Crippen LogP contribution < -0.4 is 11.1 Å². The van der Waals surface area contributed by atoms with E-state index in [1.54, 1.807) is 22.9 Å². The van der Waals surface area contributed by atoms with Crippen LogP contribution in [0.25, 0.3) is 0 Å². The standard InChI is InChI=1S/C10H12N4OS2/c1-6-3-12-9(17-6)4-13-10(15)7-5-16-8(2-11)14-7/h3,5H,2,4,11H2,1H3,(H,13,15). The van der Waals surface area contributed by atoms with Gasteiger partial charge < -0.3 is 11.1 Å². The maximum atomic E-state index is 11.7. The molecule has 3 N–H and O–H groups in total. The van der Waals surface area contributed by atoms with Crippen molar-refractivity contribution in [3.05, 3.63) is 32.2 Å².